The highest BCUT2D eigenvalue weighted by Crippen LogP contribution is 2.21. The lowest BCUT2D eigenvalue weighted by molar-refractivity contribution is 0.0954. The first-order valence-electron chi connectivity index (χ1n) is 6.56. The molecule has 6 nitrogen and oxygen atoms in total. The van der Waals surface area contributed by atoms with E-state index in [9.17, 15) is 4.79 Å². The van der Waals surface area contributed by atoms with E-state index in [-0.39, 0.29) is 5.91 Å². The number of hydrogen-bond donors (Lipinski definition) is 2. The summed E-state index contributed by atoms with van der Waals surface area (Å²) in [6, 6.07) is 11.4. The van der Waals surface area contributed by atoms with Crippen molar-refractivity contribution in [3.63, 3.8) is 0 Å². The Hall–Kier alpha value is -2.89. The summed E-state index contributed by atoms with van der Waals surface area (Å²) in [4.78, 5) is 16.1. The molecule has 21 heavy (non-hydrogen) atoms. The number of aromatic nitrogens is 2. The summed E-state index contributed by atoms with van der Waals surface area (Å²) in [5, 5.41) is 8.30. The van der Waals surface area contributed by atoms with Crippen LogP contribution in [0.3, 0.4) is 0 Å². The Labute approximate surface area is 121 Å². The maximum absolute atomic E-state index is 12.2. The van der Waals surface area contributed by atoms with Crippen LogP contribution < -0.4 is 11.1 Å². The van der Waals surface area contributed by atoms with Gasteiger partial charge >= 0.3 is 0 Å². The number of nitrogens with zero attached hydrogens (tertiary/aromatic N) is 2. The second-order valence-corrected chi connectivity index (χ2v) is 4.63. The van der Waals surface area contributed by atoms with Crippen LogP contribution in [-0.2, 0) is 6.42 Å². The fourth-order valence-electron chi connectivity index (χ4n) is 2.14. The molecule has 0 aliphatic heterocycles. The summed E-state index contributed by atoms with van der Waals surface area (Å²) in [6.07, 6.45) is 1.82. The molecule has 0 atom stereocenters. The zero-order valence-corrected chi connectivity index (χ0v) is 11.2. The van der Waals surface area contributed by atoms with Crippen LogP contribution in [0.25, 0.3) is 10.8 Å². The molecule has 106 valence electrons. The van der Waals surface area contributed by atoms with Gasteiger partial charge in [-0.3, -0.25) is 4.79 Å². The van der Waals surface area contributed by atoms with Crippen LogP contribution in [0.2, 0.25) is 0 Å². The molecule has 3 N–H and O–H groups in total. The molecule has 2 aromatic carbocycles. The van der Waals surface area contributed by atoms with Gasteiger partial charge in [0.05, 0.1) is 5.56 Å². The summed E-state index contributed by atoms with van der Waals surface area (Å²) in [5.41, 5.74) is 6.89. The van der Waals surface area contributed by atoms with Gasteiger partial charge in [0.1, 0.15) is 0 Å². The van der Waals surface area contributed by atoms with Crippen molar-refractivity contribution in [3.05, 3.63) is 54.2 Å². The Morgan fingerprint density at radius 3 is 2.71 bits per heavy atom. The lowest BCUT2D eigenvalue weighted by Crippen LogP contribution is -2.26. The van der Waals surface area contributed by atoms with Gasteiger partial charge in [-0.15, -0.1) is 0 Å². The molecule has 0 aliphatic carbocycles. The van der Waals surface area contributed by atoms with Crippen molar-refractivity contribution in [2.45, 2.75) is 6.42 Å². The zero-order valence-electron chi connectivity index (χ0n) is 11.2. The smallest absolute Gasteiger partial charge is 0.253 e. The number of carbonyl (C=O) groups excluding carboxylic acids is 1. The molecule has 0 saturated heterocycles. The number of hydrogen-bond acceptors (Lipinski definition) is 5. The van der Waals surface area contributed by atoms with Crippen molar-refractivity contribution in [3.8, 4) is 0 Å². The quantitative estimate of drug-likeness (QED) is 0.711. The summed E-state index contributed by atoms with van der Waals surface area (Å²) in [6.45, 7) is 0.410. The molecule has 0 aliphatic rings. The normalized spacial score (nSPS) is 10.7. The largest absolute Gasteiger partial charge is 0.398 e. The van der Waals surface area contributed by atoms with Gasteiger partial charge in [-0.05, 0) is 22.9 Å². The van der Waals surface area contributed by atoms with Gasteiger partial charge in [0.25, 0.3) is 5.91 Å². The van der Waals surface area contributed by atoms with Crippen LogP contribution in [0.1, 0.15) is 16.2 Å². The standard InChI is InChI=1S/C15H14N4O2/c16-13-8-11-4-2-1-3-10(11)7-12(13)15(20)17-6-5-14-18-9-19-21-14/h1-4,7-9H,5-6,16H2,(H,17,20). The Balaban J connectivity index is 1.73. The van der Waals surface area contributed by atoms with E-state index in [0.717, 1.165) is 10.8 Å². The van der Waals surface area contributed by atoms with E-state index >= 15 is 0 Å². The van der Waals surface area contributed by atoms with Gasteiger partial charge in [-0.1, -0.05) is 29.4 Å². The predicted molar refractivity (Wildman–Crippen MR) is 78.7 cm³/mol. The van der Waals surface area contributed by atoms with Crippen molar-refractivity contribution in [2.24, 2.45) is 0 Å². The van der Waals surface area contributed by atoms with Gasteiger partial charge in [-0.25, -0.2) is 0 Å². The third kappa shape index (κ3) is 2.84. The minimum Gasteiger partial charge on any atom is -0.398 e. The Morgan fingerprint density at radius 2 is 2.00 bits per heavy atom. The molecule has 1 amide bonds. The molecular formula is C15H14N4O2. The van der Waals surface area contributed by atoms with Gasteiger partial charge < -0.3 is 15.6 Å². The number of fused-ring (bicyclic) bond motifs is 1. The van der Waals surface area contributed by atoms with E-state index in [1.54, 1.807) is 6.07 Å². The fourth-order valence-corrected chi connectivity index (χ4v) is 2.14. The Morgan fingerprint density at radius 1 is 1.24 bits per heavy atom. The first-order valence-corrected chi connectivity index (χ1v) is 6.56. The number of benzene rings is 2. The van der Waals surface area contributed by atoms with E-state index in [2.05, 4.69) is 15.5 Å². The van der Waals surface area contributed by atoms with Crippen LogP contribution in [0.4, 0.5) is 5.69 Å². The Bertz CT molecular complexity index is 768. The highest BCUT2D eigenvalue weighted by molar-refractivity contribution is 6.03. The van der Waals surface area contributed by atoms with Gasteiger partial charge in [0, 0.05) is 18.7 Å². The van der Waals surface area contributed by atoms with Crippen molar-refractivity contribution in [1.82, 2.24) is 15.5 Å². The van der Waals surface area contributed by atoms with Gasteiger partial charge in [-0.2, -0.15) is 4.98 Å². The first-order chi connectivity index (χ1) is 10.2. The molecule has 0 saturated carbocycles. The molecule has 6 heteroatoms. The molecule has 0 unspecified atom stereocenters. The molecule has 0 radical (unpaired) electrons. The molecule has 3 rings (SSSR count). The highest BCUT2D eigenvalue weighted by atomic mass is 16.5. The fraction of sp³-hybridized carbons (Fsp3) is 0.133. The van der Waals surface area contributed by atoms with Gasteiger partial charge in [0.2, 0.25) is 5.89 Å². The number of carbonyl (C=O) groups is 1. The third-order valence-corrected chi connectivity index (χ3v) is 3.19. The number of anilines is 1. The summed E-state index contributed by atoms with van der Waals surface area (Å²) in [5.74, 6) is 0.277. The van der Waals surface area contributed by atoms with Crippen LogP contribution in [-0.4, -0.2) is 22.6 Å². The van der Waals surface area contributed by atoms with E-state index in [4.69, 9.17) is 10.3 Å². The minimum atomic E-state index is -0.210. The van der Waals surface area contributed by atoms with E-state index in [1.807, 2.05) is 30.3 Å². The lowest BCUT2D eigenvalue weighted by Gasteiger charge is -2.08. The number of rotatable bonds is 4. The Kier molecular flexibility index (Phi) is 3.51. The molecule has 0 fully saturated rings. The van der Waals surface area contributed by atoms with Crippen LogP contribution in [0.5, 0.6) is 0 Å². The topological polar surface area (TPSA) is 94.0 Å². The summed E-state index contributed by atoms with van der Waals surface area (Å²) >= 11 is 0. The SMILES string of the molecule is Nc1cc2ccccc2cc1C(=O)NCCc1ncno1. The van der Waals surface area contributed by atoms with Gasteiger partial charge in [0.15, 0.2) is 6.33 Å². The zero-order chi connectivity index (χ0) is 14.7. The van der Waals surface area contributed by atoms with Crippen LogP contribution >= 0.6 is 0 Å². The molecule has 0 spiro atoms. The van der Waals surface area contributed by atoms with Crippen molar-refractivity contribution < 1.29 is 9.32 Å². The summed E-state index contributed by atoms with van der Waals surface area (Å²) < 4.78 is 4.87. The van der Waals surface area contributed by atoms with Crippen molar-refractivity contribution in [1.29, 1.82) is 0 Å². The maximum atomic E-state index is 12.2. The number of amides is 1. The van der Waals surface area contributed by atoms with Crippen LogP contribution in [0.15, 0.2) is 47.2 Å². The van der Waals surface area contributed by atoms with Crippen molar-refractivity contribution >= 4 is 22.4 Å². The molecule has 0 bridgehead atoms. The van der Waals surface area contributed by atoms with E-state index in [0.29, 0.717) is 30.1 Å². The van der Waals surface area contributed by atoms with E-state index in [1.165, 1.54) is 6.33 Å². The second kappa shape index (κ2) is 5.62. The molecular weight excluding hydrogens is 268 g/mol. The average molecular weight is 282 g/mol. The molecule has 3 aromatic rings. The predicted octanol–water partition coefficient (Wildman–Crippen LogP) is 1.78. The second-order valence-electron chi connectivity index (χ2n) is 4.63. The monoisotopic (exact) mass is 282 g/mol. The first kappa shape index (κ1) is 13.1. The number of nitrogens with two attached hydrogens (primary N) is 1. The minimum absolute atomic E-state index is 0.210. The molecule has 1 aromatic heterocycles. The third-order valence-electron chi connectivity index (χ3n) is 3.19. The van der Waals surface area contributed by atoms with Crippen molar-refractivity contribution in [2.75, 3.05) is 12.3 Å². The number of nitrogens with one attached hydrogen (secondary N) is 1. The lowest BCUT2D eigenvalue weighted by atomic mass is 10.0. The average Bonchev–Trinajstić information content (AvgIpc) is 2.99. The van der Waals surface area contributed by atoms with Crippen LogP contribution in [0, 0.1) is 0 Å². The summed E-state index contributed by atoms with van der Waals surface area (Å²) in [7, 11) is 0. The number of nitrogen functional groups attached to an aromatic ring is 1. The highest BCUT2D eigenvalue weighted by Gasteiger charge is 2.11. The van der Waals surface area contributed by atoms with E-state index < -0.39 is 0 Å². The maximum Gasteiger partial charge on any atom is 0.253 e. The molecule has 1 heterocycles.